The summed E-state index contributed by atoms with van der Waals surface area (Å²) in [5, 5.41) is 0.870. The molecule has 1 aromatic carbocycles. The van der Waals surface area contributed by atoms with Gasteiger partial charge in [0.1, 0.15) is 0 Å². The summed E-state index contributed by atoms with van der Waals surface area (Å²) in [5.41, 5.74) is 0. The Hall–Kier alpha value is -1.21. The van der Waals surface area contributed by atoms with Crippen LogP contribution in [0, 0.1) is 0 Å². The van der Waals surface area contributed by atoms with Gasteiger partial charge in [0, 0.05) is 26.5 Å². The zero-order chi connectivity index (χ0) is 10.2. The molecule has 1 aliphatic heterocycles. The average Bonchev–Trinajstić information content (AvgIpc) is 2.49. The van der Waals surface area contributed by atoms with Gasteiger partial charge in [0.25, 0.3) is 7.44 Å². The Morgan fingerprint density at radius 2 is 1.50 bits per heavy atom. The molecule has 0 amide bonds. The van der Waals surface area contributed by atoms with Gasteiger partial charge in [-0.05, 0) is 12.1 Å². The molecule has 2 rings (SSSR count). The van der Waals surface area contributed by atoms with Crippen molar-refractivity contribution in [2.24, 2.45) is 0 Å². The summed E-state index contributed by atoms with van der Waals surface area (Å²) < 4.78 is 16.2. The lowest BCUT2D eigenvalue weighted by molar-refractivity contribution is 0.510. The van der Waals surface area contributed by atoms with Crippen LogP contribution in [-0.4, -0.2) is 23.4 Å². The molecule has 1 heterocycles. The van der Waals surface area contributed by atoms with Gasteiger partial charge in [-0.3, -0.25) is 4.57 Å². The lowest BCUT2D eigenvalue weighted by Crippen LogP contribution is -2.22. The quantitative estimate of drug-likeness (QED) is 0.658. The lowest BCUT2D eigenvalue weighted by Gasteiger charge is -2.27. The zero-order valence-corrected chi connectivity index (χ0v) is 9.19. The van der Waals surface area contributed by atoms with Gasteiger partial charge >= 0.3 is 0 Å². The van der Waals surface area contributed by atoms with Crippen molar-refractivity contribution < 1.29 is 4.57 Å². The molecule has 0 unspecified atom stereocenters. The van der Waals surface area contributed by atoms with Gasteiger partial charge in [-0.15, -0.1) is 0 Å². The van der Waals surface area contributed by atoms with Crippen LogP contribution < -0.4 is 5.30 Å². The fourth-order valence-corrected chi connectivity index (χ4v) is 3.80. The van der Waals surface area contributed by atoms with Crippen LogP contribution in [0.15, 0.2) is 42.7 Å². The Morgan fingerprint density at radius 3 is 2.00 bits per heavy atom. The van der Waals surface area contributed by atoms with E-state index in [1.165, 1.54) is 0 Å². The first-order chi connectivity index (χ1) is 6.65. The first kappa shape index (κ1) is 9.35. The molecule has 1 aliphatic rings. The Balaban J connectivity index is 2.48. The largest absolute Gasteiger partial charge is 0.312 e. The van der Waals surface area contributed by atoms with Gasteiger partial charge in [0.05, 0.1) is 5.30 Å². The number of hydrogen-bond donors (Lipinski definition) is 0. The van der Waals surface area contributed by atoms with E-state index in [-0.39, 0.29) is 0 Å². The van der Waals surface area contributed by atoms with Crippen LogP contribution in [0.3, 0.4) is 0 Å². The second-order valence-electron chi connectivity index (χ2n) is 3.33. The van der Waals surface area contributed by atoms with Gasteiger partial charge < -0.3 is 9.34 Å². The summed E-state index contributed by atoms with van der Waals surface area (Å²) >= 11 is 0. The number of rotatable bonds is 1. The fourth-order valence-electron chi connectivity index (χ4n) is 1.58. The molecule has 0 bridgehead atoms. The maximum absolute atomic E-state index is 12.7. The van der Waals surface area contributed by atoms with E-state index in [1.54, 1.807) is 9.34 Å². The Morgan fingerprint density at radius 1 is 1.00 bits per heavy atom. The van der Waals surface area contributed by atoms with Crippen LogP contribution in [-0.2, 0) is 4.57 Å². The Kier molecular flexibility index (Phi) is 2.12. The molecule has 0 radical (unpaired) electrons. The predicted octanol–water partition coefficient (Wildman–Crippen LogP) is 1.85. The highest BCUT2D eigenvalue weighted by molar-refractivity contribution is 7.67. The molecule has 14 heavy (non-hydrogen) atoms. The molecular formula is C10H13N2OP. The smallest absolute Gasteiger partial charge is 0.291 e. The van der Waals surface area contributed by atoms with Crippen LogP contribution in [0.5, 0.6) is 0 Å². The SMILES string of the molecule is CN1C=CN(C)P1(=O)c1ccccc1. The molecule has 0 fully saturated rings. The van der Waals surface area contributed by atoms with Crippen LogP contribution >= 0.6 is 7.44 Å². The second-order valence-corrected chi connectivity index (χ2v) is 6.19. The van der Waals surface area contributed by atoms with Crippen LogP contribution in [0.25, 0.3) is 0 Å². The van der Waals surface area contributed by atoms with Gasteiger partial charge in [-0.2, -0.15) is 0 Å². The van der Waals surface area contributed by atoms with E-state index in [1.807, 2.05) is 56.8 Å². The average molecular weight is 208 g/mol. The summed E-state index contributed by atoms with van der Waals surface area (Å²) in [4.78, 5) is 0. The lowest BCUT2D eigenvalue weighted by atomic mass is 10.4. The number of nitrogens with zero attached hydrogens (tertiary/aromatic N) is 2. The van der Waals surface area contributed by atoms with E-state index in [2.05, 4.69) is 0 Å². The topological polar surface area (TPSA) is 23.6 Å². The van der Waals surface area contributed by atoms with Crippen molar-refractivity contribution in [3.63, 3.8) is 0 Å². The summed E-state index contributed by atoms with van der Waals surface area (Å²) in [5.74, 6) is 0. The molecule has 4 heteroatoms. The van der Waals surface area contributed by atoms with E-state index >= 15 is 0 Å². The highest BCUT2D eigenvalue weighted by Gasteiger charge is 2.35. The third-order valence-corrected chi connectivity index (χ3v) is 5.39. The van der Waals surface area contributed by atoms with E-state index in [0.717, 1.165) is 5.30 Å². The summed E-state index contributed by atoms with van der Waals surface area (Å²) in [7, 11) is 1.13. The van der Waals surface area contributed by atoms with Crippen molar-refractivity contribution in [3.8, 4) is 0 Å². The monoisotopic (exact) mass is 208 g/mol. The van der Waals surface area contributed by atoms with E-state index < -0.39 is 7.44 Å². The van der Waals surface area contributed by atoms with Gasteiger partial charge in [-0.25, -0.2) is 0 Å². The van der Waals surface area contributed by atoms with Gasteiger partial charge in [0.2, 0.25) is 0 Å². The molecule has 3 nitrogen and oxygen atoms in total. The summed E-state index contributed by atoms with van der Waals surface area (Å²) in [6.45, 7) is 0. The number of hydrogen-bond acceptors (Lipinski definition) is 1. The van der Waals surface area contributed by atoms with Crippen molar-refractivity contribution in [2.75, 3.05) is 14.1 Å². The molecule has 0 spiro atoms. The van der Waals surface area contributed by atoms with E-state index in [9.17, 15) is 4.57 Å². The standard InChI is InChI=1S/C10H13N2OP/c1-11-8-9-12(2)14(11,13)10-6-4-3-5-7-10/h3-9H,1-2H3. The minimum absolute atomic E-state index is 0.870. The zero-order valence-electron chi connectivity index (χ0n) is 8.29. The molecule has 74 valence electrons. The maximum atomic E-state index is 12.7. The number of benzene rings is 1. The molecule has 1 aromatic rings. The van der Waals surface area contributed by atoms with Crippen molar-refractivity contribution in [3.05, 3.63) is 42.7 Å². The molecule has 0 aromatic heterocycles. The fraction of sp³-hybridized carbons (Fsp3) is 0.200. The highest BCUT2D eigenvalue weighted by atomic mass is 31.2. The first-order valence-electron chi connectivity index (χ1n) is 4.46. The molecule has 0 N–H and O–H groups in total. The third-order valence-electron chi connectivity index (χ3n) is 2.45. The van der Waals surface area contributed by atoms with Crippen LogP contribution in [0.4, 0.5) is 0 Å². The van der Waals surface area contributed by atoms with Crippen molar-refractivity contribution in [1.82, 2.24) is 9.34 Å². The minimum Gasteiger partial charge on any atom is -0.312 e. The second kappa shape index (κ2) is 3.18. The normalized spacial score (nSPS) is 19.0. The van der Waals surface area contributed by atoms with E-state index in [0.29, 0.717) is 0 Å². The molecule has 0 saturated carbocycles. The highest BCUT2D eigenvalue weighted by Crippen LogP contribution is 2.53. The summed E-state index contributed by atoms with van der Waals surface area (Å²) in [6.07, 6.45) is 3.68. The Bertz CT molecular complexity index is 386. The molecular weight excluding hydrogens is 195 g/mol. The predicted molar refractivity (Wildman–Crippen MR) is 58.3 cm³/mol. The molecule has 0 aliphatic carbocycles. The van der Waals surface area contributed by atoms with Crippen molar-refractivity contribution >= 4 is 12.7 Å². The minimum atomic E-state index is -2.55. The molecule has 0 atom stereocenters. The maximum Gasteiger partial charge on any atom is 0.291 e. The van der Waals surface area contributed by atoms with E-state index in [4.69, 9.17) is 0 Å². The van der Waals surface area contributed by atoms with Crippen LogP contribution in [0.2, 0.25) is 0 Å². The Labute approximate surface area is 84.1 Å². The third kappa shape index (κ3) is 1.17. The van der Waals surface area contributed by atoms with Crippen molar-refractivity contribution in [1.29, 1.82) is 0 Å². The van der Waals surface area contributed by atoms with Gasteiger partial charge in [-0.1, -0.05) is 18.2 Å². The van der Waals surface area contributed by atoms with Gasteiger partial charge in [0.15, 0.2) is 0 Å². The van der Waals surface area contributed by atoms with Crippen LogP contribution in [0.1, 0.15) is 0 Å². The first-order valence-corrected chi connectivity index (χ1v) is 6.07. The van der Waals surface area contributed by atoms with Crippen molar-refractivity contribution in [2.45, 2.75) is 0 Å². The summed E-state index contributed by atoms with van der Waals surface area (Å²) in [6, 6.07) is 9.56. The molecule has 0 saturated heterocycles.